The molecular formula is C14H16ClN7. The Bertz CT molecular complexity index is 851. The molecule has 0 N–H and O–H groups in total. The maximum atomic E-state index is 6.08. The van der Waals surface area contributed by atoms with E-state index in [9.17, 15) is 0 Å². The first-order chi connectivity index (χ1) is 10.6. The molecule has 0 atom stereocenters. The molecule has 0 radical (unpaired) electrons. The van der Waals surface area contributed by atoms with Gasteiger partial charge in [-0.15, -0.1) is 10.2 Å². The molecule has 3 aromatic heterocycles. The highest BCUT2D eigenvalue weighted by atomic mass is 35.5. The van der Waals surface area contributed by atoms with Crippen molar-refractivity contribution in [1.29, 1.82) is 0 Å². The summed E-state index contributed by atoms with van der Waals surface area (Å²) in [5.41, 5.74) is 2.26. The third kappa shape index (κ3) is 2.08. The molecule has 114 valence electrons. The van der Waals surface area contributed by atoms with Gasteiger partial charge in [-0.2, -0.15) is 0 Å². The van der Waals surface area contributed by atoms with Crippen LogP contribution >= 0.6 is 11.6 Å². The van der Waals surface area contributed by atoms with Gasteiger partial charge in [0.2, 0.25) is 5.65 Å². The monoisotopic (exact) mass is 317 g/mol. The van der Waals surface area contributed by atoms with E-state index in [2.05, 4.69) is 32.0 Å². The Balaban J connectivity index is 1.96. The molecule has 1 aliphatic heterocycles. The van der Waals surface area contributed by atoms with Crippen molar-refractivity contribution in [3.63, 3.8) is 0 Å². The van der Waals surface area contributed by atoms with Crippen LogP contribution in [0.4, 0.5) is 5.82 Å². The Kier molecular flexibility index (Phi) is 3.12. The predicted molar refractivity (Wildman–Crippen MR) is 85.5 cm³/mol. The first-order valence-corrected chi connectivity index (χ1v) is 7.62. The maximum Gasteiger partial charge on any atom is 0.204 e. The highest BCUT2D eigenvalue weighted by molar-refractivity contribution is 6.31. The molecule has 8 heteroatoms. The van der Waals surface area contributed by atoms with Gasteiger partial charge in [-0.1, -0.05) is 11.6 Å². The fourth-order valence-electron chi connectivity index (χ4n) is 2.85. The lowest BCUT2D eigenvalue weighted by molar-refractivity contribution is 0.312. The number of nitrogens with zero attached hydrogens (tertiary/aromatic N) is 7. The van der Waals surface area contributed by atoms with Gasteiger partial charge in [-0.3, -0.25) is 4.40 Å². The van der Waals surface area contributed by atoms with Gasteiger partial charge in [0.05, 0.1) is 10.5 Å². The van der Waals surface area contributed by atoms with Gasteiger partial charge in [0.25, 0.3) is 0 Å². The van der Waals surface area contributed by atoms with Gasteiger partial charge in [0.15, 0.2) is 11.5 Å². The largest absolute Gasteiger partial charge is 0.351 e. The first kappa shape index (κ1) is 13.7. The van der Waals surface area contributed by atoms with Crippen molar-refractivity contribution in [1.82, 2.24) is 29.5 Å². The number of fused-ring (bicyclic) bond motifs is 3. The Morgan fingerprint density at radius 1 is 1.14 bits per heavy atom. The predicted octanol–water partition coefficient (Wildman–Crippen LogP) is 1.39. The third-order valence-electron chi connectivity index (χ3n) is 4.09. The molecular weight excluding hydrogens is 302 g/mol. The van der Waals surface area contributed by atoms with E-state index < -0.39 is 0 Å². The summed E-state index contributed by atoms with van der Waals surface area (Å²) in [7, 11) is 2.13. The molecule has 0 spiro atoms. The van der Waals surface area contributed by atoms with E-state index in [-0.39, 0.29) is 0 Å². The summed E-state index contributed by atoms with van der Waals surface area (Å²) in [6.07, 6.45) is 1.62. The summed E-state index contributed by atoms with van der Waals surface area (Å²) in [5.74, 6) is 1.65. The van der Waals surface area contributed by atoms with Gasteiger partial charge < -0.3 is 9.80 Å². The van der Waals surface area contributed by atoms with Crippen LogP contribution in [0.5, 0.6) is 0 Å². The van der Waals surface area contributed by atoms with Crippen LogP contribution in [0.3, 0.4) is 0 Å². The fourth-order valence-corrected chi connectivity index (χ4v) is 3.00. The fraction of sp³-hybridized carbons (Fsp3) is 0.429. The maximum absolute atomic E-state index is 6.08. The molecule has 1 fully saturated rings. The van der Waals surface area contributed by atoms with Crippen molar-refractivity contribution in [2.45, 2.75) is 6.92 Å². The number of likely N-dealkylation sites (N-methyl/N-ethyl adjacent to an activating group) is 1. The van der Waals surface area contributed by atoms with Gasteiger partial charge in [-0.05, 0) is 20.0 Å². The second-order valence-corrected chi connectivity index (χ2v) is 6.06. The van der Waals surface area contributed by atoms with Crippen molar-refractivity contribution in [2.24, 2.45) is 0 Å². The zero-order valence-electron chi connectivity index (χ0n) is 12.5. The van der Waals surface area contributed by atoms with Crippen LogP contribution in [0.1, 0.15) is 5.82 Å². The van der Waals surface area contributed by atoms with Crippen LogP contribution in [0, 0.1) is 6.92 Å². The van der Waals surface area contributed by atoms with E-state index in [0.29, 0.717) is 10.7 Å². The molecule has 0 saturated carbocycles. The molecule has 0 aromatic carbocycles. The zero-order chi connectivity index (χ0) is 15.3. The van der Waals surface area contributed by atoms with Crippen molar-refractivity contribution in [3.8, 4) is 0 Å². The molecule has 3 aromatic rings. The van der Waals surface area contributed by atoms with Crippen molar-refractivity contribution in [3.05, 3.63) is 23.1 Å². The topological polar surface area (TPSA) is 62.5 Å². The van der Waals surface area contributed by atoms with Crippen molar-refractivity contribution < 1.29 is 0 Å². The van der Waals surface area contributed by atoms with Crippen molar-refractivity contribution >= 4 is 34.2 Å². The molecule has 22 heavy (non-hydrogen) atoms. The summed E-state index contributed by atoms with van der Waals surface area (Å²) in [6.45, 7) is 5.78. The van der Waals surface area contributed by atoms with Crippen LogP contribution in [-0.2, 0) is 0 Å². The van der Waals surface area contributed by atoms with Gasteiger partial charge in [0, 0.05) is 32.4 Å². The number of hydrogen-bond acceptors (Lipinski definition) is 6. The van der Waals surface area contributed by atoms with Gasteiger partial charge >= 0.3 is 0 Å². The Labute approximate surface area is 132 Å². The van der Waals surface area contributed by atoms with E-state index in [1.54, 1.807) is 6.20 Å². The first-order valence-electron chi connectivity index (χ1n) is 7.24. The molecule has 1 saturated heterocycles. The lowest BCUT2D eigenvalue weighted by Crippen LogP contribution is -2.45. The summed E-state index contributed by atoms with van der Waals surface area (Å²) >= 11 is 6.08. The minimum atomic E-state index is 0.580. The third-order valence-corrected chi connectivity index (χ3v) is 4.30. The lowest BCUT2D eigenvalue weighted by Gasteiger charge is -2.33. The second-order valence-electron chi connectivity index (χ2n) is 5.63. The average molecular weight is 318 g/mol. The van der Waals surface area contributed by atoms with Crippen LogP contribution in [0.25, 0.3) is 16.8 Å². The molecule has 0 bridgehead atoms. The summed E-state index contributed by atoms with van der Waals surface area (Å²) in [5, 5.41) is 9.11. The Morgan fingerprint density at radius 3 is 2.68 bits per heavy atom. The molecule has 7 nitrogen and oxygen atoms in total. The number of pyridine rings is 1. The number of aromatic nitrogens is 5. The molecule has 0 amide bonds. The van der Waals surface area contributed by atoms with Crippen molar-refractivity contribution in [2.75, 3.05) is 38.1 Å². The SMILES string of the molecule is Cc1nnc2c(N3CCN(C)CC3)nc3ncc(Cl)cc3n12. The van der Waals surface area contributed by atoms with E-state index >= 15 is 0 Å². The summed E-state index contributed by atoms with van der Waals surface area (Å²) in [4.78, 5) is 13.6. The number of aryl methyl sites for hydroxylation is 1. The lowest BCUT2D eigenvalue weighted by atomic mass is 10.3. The van der Waals surface area contributed by atoms with Crippen LogP contribution < -0.4 is 4.90 Å². The average Bonchev–Trinajstić information content (AvgIpc) is 2.90. The highest BCUT2D eigenvalue weighted by Crippen LogP contribution is 2.25. The Morgan fingerprint density at radius 2 is 1.91 bits per heavy atom. The normalized spacial score (nSPS) is 16.8. The summed E-state index contributed by atoms with van der Waals surface area (Å²) < 4.78 is 1.98. The Hall–Kier alpha value is -1.99. The number of halogens is 1. The van der Waals surface area contributed by atoms with E-state index in [1.807, 2.05) is 17.4 Å². The number of anilines is 1. The summed E-state index contributed by atoms with van der Waals surface area (Å²) in [6, 6.07) is 1.86. The standard InChI is InChI=1S/C14H16ClN7/c1-9-18-19-14-13(21-5-3-20(2)4-6-21)17-12-11(22(9)14)7-10(15)8-16-12/h7-8H,3-6H2,1-2H3. The van der Waals surface area contributed by atoms with Gasteiger partial charge in [-0.25, -0.2) is 9.97 Å². The van der Waals surface area contributed by atoms with Gasteiger partial charge in [0.1, 0.15) is 5.82 Å². The number of rotatable bonds is 1. The van der Waals surface area contributed by atoms with Crippen LogP contribution in [0.2, 0.25) is 5.02 Å². The minimum absolute atomic E-state index is 0.580. The smallest absolute Gasteiger partial charge is 0.204 e. The van der Waals surface area contributed by atoms with E-state index in [1.165, 1.54) is 0 Å². The molecule has 4 heterocycles. The number of piperazine rings is 1. The second kappa shape index (κ2) is 5.03. The zero-order valence-corrected chi connectivity index (χ0v) is 13.2. The van der Waals surface area contributed by atoms with E-state index in [0.717, 1.165) is 49.0 Å². The molecule has 1 aliphatic rings. The van der Waals surface area contributed by atoms with Crippen LogP contribution in [-0.4, -0.2) is 62.7 Å². The minimum Gasteiger partial charge on any atom is -0.351 e. The van der Waals surface area contributed by atoms with Crippen LogP contribution in [0.15, 0.2) is 12.3 Å². The van der Waals surface area contributed by atoms with E-state index in [4.69, 9.17) is 16.6 Å². The molecule has 0 aliphatic carbocycles. The number of hydrogen-bond donors (Lipinski definition) is 0. The quantitative estimate of drug-likeness (QED) is 0.676. The molecule has 0 unspecified atom stereocenters. The highest BCUT2D eigenvalue weighted by Gasteiger charge is 2.21. The molecule has 4 rings (SSSR count).